The van der Waals surface area contributed by atoms with Gasteiger partial charge < -0.3 is 9.73 Å². The maximum Gasteiger partial charge on any atom is 0.277 e. The van der Waals surface area contributed by atoms with Crippen molar-refractivity contribution < 1.29 is 9.21 Å². The van der Waals surface area contributed by atoms with E-state index in [1.807, 2.05) is 44.2 Å². The van der Waals surface area contributed by atoms with Crippen LogP contribution in [0.15, 0.2) is 52.1 Å². The molecule has 3 aromatic rings. The minimum Gasteiger partial charge on any atom is -0.411 e. The molecular weight excluding hydrogens is 358 g/mol. The third kappa shape index (κ3) is 4.98. The summed E-state index contributed by atoms with van der Waals surface area (Å²) in [5, 5.41) is 11.5. The molecule has 0 aliphatic rings. The second-order valence-corrected chi connectivity index (χ2v) is 7.59. The molecule has 0 saturated carbocycles. The van der Waals surface area contributed by atoms with Gasteiger partial charge in [0.1, 0.15) is 0 Å². The summed E-state index contributed by atoms with van der Waals surface area (Å²) in [4.78, 5) is 12.3. The monoisotopic (exact) mass is 381 g/mol. The minimum absolute atomic E-state index is 0.0528. The topological polar surface area (TPSA) is 68.0 Å². The first-order valence-electron chi connectivity index (χ1n) is 8.82. The molecule has 140 valence electrons. The van der Waals surface area contributed by atoms with E-state index < -0.39 is 0 Å². The van der Waals surface area contributed by atoms with E-state index >= 15 is 0 Å². The minimum atomic E-state index is -0.0685. The average Bonchev–Trinajstić information content (AvgIpc) is 3.11. The molecule has 0 aliphatic carbocycles. The first kappa shape index (κ1) is 19.2. The van der Waals surface area contributed by atoms with Gasteiger partial charge in [-0.25, -0.2) is 0 Å². The van der Waals surface area contributed by atoms with Crippen molar-refractivity contribution in [1.29, 1.82) is 0 Å². The van der Waals surface area contributed by atoms with Gasteiger partial charge in [-0.05, 0) is 56.5 Å². The zero-order chi connectivity index (χ0) is 19.4. The quantitative estimate of drug-likeness (QED) is 0.631. The molecule has 0 fully saturated rings. The van der Waals surface area contributed by atoms with Crippen molar-refractivity contribution in [3.63, 3.8) is 0 Å². The Hall–Kier alpha value is -2.60. The summed E-state index contributed by atoms with van der Waals surface area (Å²) < 4.78 is 5.65. The number of carbonyl (C=O) groups excluding carboxylic acids is 1. The summed E-state index contributed by atoms with van der Waals surface area (Å²) in [6.07, 6.45) is 0. The zero-order valence-corrected chi connectivity index (χ0v) is 16.8. The van der Waals surface area contributed by atoms with Crippen LogP contribution in [0.3, 0.4) is 0 Å². The number of nitrogens with zero attached hydrogens (tertiary/aromatic N) is 2. The molecule has 2 aromatic carbocycles. The predicted octanol–water partition coefficient (Wildman–Crippen LogP) is 4.63. The van der Waals surface area contributed by atoms with Crippen LogP contribution in [0, 0.1) is 20.8 Å². The molecule has 1 atom stereocenters. The van der Waals surface area contributed by atoms with Gasteiger partial charge in [0.2, 0.25) is 11.8 Å². The van der Waals surface area contributed by atoms with Crippen LogP contribution in [0.25, 0.3) is 11.5 Å². The average molecular weight is 382 g/mol. The van der Waals surface area contributed by atoms with Gasteiger partial charge >= 0.3 is 0 Å². The zero-order valence-electron chi connectivity index (χ0n) is 15.9. The molecule has 3 rings (SSSR count). The molecule has 1 N–H and O–H groups in total. The number of aryl methyl sites for hydroxylation is 3. The highest BCUT2D eigenvalue weighted by Gasteiger charge is 2.14. The lowest BCUT2D eigenvalue weighted by molar-refractivity contribution is -0.119. The van der Waals surface area contributed by atoms with Gasteiger partial charge in [0.05, 0.1) is 11.8 Å². The van der Waals surface area contributed by atoms with Crippen molar-refractivity contribution in [1.82, 2.24) is 15.5 Å². The van der Waals surface area contributed by atoms with E-state index in [9.17, 15) is 4.79 Å². The molecule has 0 aliphatic heterocycles. The van der Waals surface area contributed by atoms with E-state index in [2.05, 4.69) is 41.5 Å². The molecule has 27 heavy (non-hydrogen) atoms. The van der Waals surface area contributed by atoms with Crippen molar-refractivity contribution in [3.05, 3.63) is 64.7 Å². The smallest absolute Gasteiger partial charge is 0.277 e. The highest BCUT2D eigenvalue weighted by molar-refractivity contribution is 7.99. The lowest BCUT2D eigenvalue weighted by Gasteiger charge is -2.15. The van der Waals surface area contributed by atoms with Crippen molar-refractivity contribution in [2.24, 2.45) is 0 Å². The number of thioether (sulfide) groups is 1. The molecule has 0 bridgehead atoms. The van der Waals surface area contributed by atoms with Crippen LogP contribution < -0.4 is 5.32 Å². The van der Waals surface area contributed by atoms with Gasteiger partial charge in [-0.15, -0.1) is 10.2 Å². The Kier molecular flexibility index (Phi) is 5.96. The van der Waals surface area contributed by atoms with Gasteiger partial charge in [-0.2, -0.15) is 0 Å². The number of benzene rings is 2. The highest BCUT2D eigenvalue weighted by Crippen LogP contribution is 2.24. The van der Waals surface area contributed by atoms with Crippen LogP contribution in [-0.4, -0.2) is 21.9 Å². The molecule has 5 nitrogen and oxygen atoms in total. The molecular formula is C21H23N3O2S. The van der Waals surface area contributed by atoms with Gasteiger partial charge in [-0.3, -0.25) is 4.79 Å². The maximum atomic E-state index is 12.3. The number of nitrogens with one attached hydrogen (secondary N) is 1. The van der Waals surface area contributed by atoms with Crippen LogP contribution in [0.2, 0.25) is 0 Å². The van der Waals surface area contributed by atoms with Crippen LogP contribution in [0.1, 0.15) is 35.2 Å². The molecule has 0 unspecified atom stereocenters. The Labute approximate surface area is 163 Å². The first-order valence-corrected chi connectivity index (χ1v) is 9.81. The lowest BCUT2D eigenvalue weighted by atomic mass is 10.0. The largest absolute Gasteiger partial charge is 0.411 e. The normalized spacial score (nSPS) is 12.0. The third-order valence-corrected chi connectivity index (χ3v) is 5.23. The fraction of sp³-hybridized carbons (Fsp3) is 0.286. The number of aromatic nitrogens is 2. The van der Waals surface area contributed by atoms with Gasteiger partial charge in [0.25, 0.3) is 5.22 Å². The first-order chi connectivity index (χ1) is 12.9. The molecule has 0 radical (unpaired) electrons. The van der Waals surface area contributed by atoms with Gasteiger partial charge in [0, 0.05) is 5.56 Å². The van der Waals surface area contributed by atoms with E-state index in [1.165, 1.54) is 22.9 Å². The lowest BCUT2D eigenvalue weighted by Crippen LogP contribution is -2.28. The van der Waals surface area contributed by atoms with Crippen molar-refractivity contribution >= 4 is 17.7 Å². The van der Waals surface area contributed by atoms with E-state index in [0.29, 0.717) is 11.1 Å². The van der Waals surface area contributed by atoms with Crippen LogP contribution >= 0.6 is 11.8 Å². The van der Waals surface area contributed by atoms with E-state index in [4.69, 9.17) is 4.42 Å². The molecule has 1 amide bonds. The number of carbonyl (C=O) groups is 1. The Morgan fingerprint density at radius 1 is 1.11 bits per heavy atom. The fourth-order valence-corrected chi connectivity index (χ4v) is 3.26. The Bertz CT molecular complexity index is 952. The second-order valence-electron chi connectivity index (χ2n) is 6.66. The summed E-state index contributed by atoms with van der Waals surface area (Å²) >= 11 is 1.24. The van der Waals surface area contributed by atoms with Crippen molar-refractivity contribution in [2.45, 2.75) is 39.0 Å². The van der Waals surface area contributed by atoms with Crippen LogP contribution in [0.4, 0.5) is 0 Å². The Morgan fingerprint density at radius 2 is 1.93 bits per heavy atom. The Balaban J connectivity index is 1.55. The molecule has 0 spiro atoms. The van der Waals surface area contributed by atoms with Crippen LogP contribution in [-0.2, 0) is 4.79 Å². The van der Waals surface area contributed by atoms with Gasteiger partial charge in [-0.1, -0.05) is 47.7 Å². The summed E-state index contributed by atoms with van der Waals surface area (Å²) in [6.45, 7) is 8.14. The third-order valence-electron chi connectivity index (χ3n) is 4.41. The van der Waals surface area contributed by atoms with E-state index in [1.54, 1.807) is 0 Å². The number of hydrogen-bond acceptors (Lipinski definition) is 5. The standard InChI is InChI=1S/C21H23N3O2S/c1-13-6-5-7-18(10-13)20-23-24-21(26-20)27-12-19(25)22-16(4)17-9-8-14(2)15(3)11-17/h5-11,16H,12H2,1-4H3,(H,22,25)/t16-/m1/s1. The number of rotatable bonds is 6. The molecule has 6 heteroatoms. The summed E-state index contributed by atoms with van der Waals surface area (Å²) in [5.74, 6) is 0.621. The van der Waals surface area contributed by atoms with Crippen molar-refractivity contribution in [2.75, 3.05) is 5.75 Å². The van der Waals surface area contributed by atoms with Gasteiger partial charge in [0.15, 0.2) is 0 Å². The fourth-order valence-electron chi connectivity index (χ4n) is 2.69. The second kappa shape index (κ2) is 8.39. The maximum absolute atomic E-state index is 12.3. The van der Waals surface area contributed by atoms with E-state index in [-0.39, 0.29) is 17.7 Å². The van der Waals surface area contributed by atoms with Crippen LogP contribution in [0.5, 0.6) is 0 Å². The molecule has 0 saturated heterocycles. The summed E-state index contributed by atoms with van der Waals surface area (Å²) in [6, 6.07) is 14.1. The van der Waals surface area contributed by atoms with E-state index in [0.717, 1.165) is 16.7 Å². The SMILES string of the molecule is Cc1cccc(-c2nnc(SCC(=O)N[C@H](C)c3ccc(C)c(C)c3)o2)c1. The number of amides is 1. The Morgan fingerprint density at radius 3 is 2.67 bits per heavy atom. The molecule has 1 heterocycles. The predicted molar refractivity (Wildman–Crippen MR) is 108 cm³/mol. The number of hydrogen-bond donors (Lipinski definition) is 1. The summed E-state index contributed by atoms with van der Waals surface area (Å²) in [7, 11) is 0. The summed E-state index contributed by atoms with van der Waals surface area (Å²) in [5.41, 5.74) is 5.56. The highest BCUT2D eigenvalue weighted by atomic mass is 32.2. The van der Waals surface area contributed by atoms with Crippen molar-refractivity contribution in [3.8, 4) is 11.5 Å². The molecule has 1 aromatic heterocycles.